The first-order valence-electron chi connectivity index (χ1n) is 8.17. The van der Waals surface area contributed by atoms with Gasteiger partial charge >= 0.3 is 0 Å². The van der Waals surface area contributed by atoms with Crippen LogP contribution < -0.4 is 0 Å². The molecule has 122 valence electrons. The Bertz CT molecular complexity index is 586. The molecular formula is C20H24O3. The van der Waals surface area contributed by atoms with Gasteiger partial charge in [0.05, 0.1) is 19.8 Å². The molecule has 0 heterocycles. The van der Waals surface area contributed by atoms with E-state index in [1.165, 1.54) is 16.7 Å². The topological polar surface area (TPSA) is 27.7 Å². The van der Waals surface area contributed by atoms with Gasteiger partial charge in [-0.3, -0.25) is 0 Å². The Morgan fingerprint density at radius 2 is 1.87 bits per heavy atom. The van der Waals surface area contributed by atoms with Crippen molar-refractivity contribution in [2.75, 3.05) is 33.7 Å². The molecule has 3 rings (SSSR count). The molecule has 1 aromatic rings. The molecule has 0 bridgehead atoms. The molecule has 0 amide bonds. The molecule has 2 aliphatic rings. The lowest BCUT2D eigenvalue weighted by Gasteiger charge is -2.21. The maximum absolute atomic E-state index is 5.60. The minimum absolute atomic E-state index is 0.335. The van der Waals surface area contributed by atoms with E-state index in [0.29, 0.717) is 38.4 Å². The van der Waals surface area contributed by atoms with Crippen molar-refractivity contribution < 1.29 is 14.2 Å². The van der Waals surface area contributed by atoms with Crippen LogP contribution in [0, 0.1) is 5.92 Å². The molecule has 0 N–H and O–H groups in total. The average Bonchev–Trinajstić information content (AvgIpc) is 3.02. The third-order valence-electron chi connectivity index (χ3n) is 4.31. The van der Waals surface area contributed by atoms with Gasteiger partial charge in [0, 0.05) is 18.9 Å². The van der Waals surface area contributed by atoms with Crippen molar-refractivity contribution in [2.24, 2.45) is 5.92 Å². The van der Waals surface area contributed by atoms with Gasteiger partial charge in [-0.1, -0.05) is 54.6 Å². The van der Waals surface area contributed by atoms with E-state index in [1.54, 1.807) is 7.11 Å². The monoisotopic (exact) mass is 312 g/mol. The van der Waals surface area contributed by atoms with Crippen molar-refractivity contribution in [3.05, 3.63) is 71.3 Å². The summed E-state index contributed by atoms with van der Waals surface area (Å²) in [5.41, 5.74) is 4.23. The largest absolute Gasteiger partial charge is 0.382 e. The van der Waals surface area contributed by atoms with Crippen molar-refractivity contribution in [3.63, 3.8) is 0 Å². The van der Waals surface area contributed by atoms with E-state index in [2.05, 4.69) is 54.6 Å². The summed E-state index contributed by atoms with van der Waals surface area (Å²) < 4.78 is 15.9. The first-order chi connectivity index (χ1) is 11.4. The molecule has 0 radical (unpaired) electrons. The van der Waals surface area contributed by atoms with Crippen LogP contribution in [0.4, 0.5) is 0 Å². The maximum atomic E-state index is 5.60. The number of benzene rings is 1. The molecule has 0 saturated heterocycles. The SMILES string of the molecule is COCCOCOCC1C=CC2=C(C=CC2c2ccccc2)C1. The van der Waals surface area contributed by atoms with Gasteiger partial charge in [0.1, 0.15) is 6.79 Å². The number of allylic oxidation sites excluding steroid dienone is 5. The van der Waals surface area contributed by atoms with Gasteiger partial charge in [0.25, 0.3) is 0 Å². The summed E-state index contributed by atoms with van der Waals surface area (Å²) in [4.78, 5) is 0. The third-order valence-corrected chi connectivity index (χ3v) is 4.31. The van der Waals surface area contributed by atoms with Gasteiger partial charge in [-0.15, -0.1) is 0 Å². The number of methoxy groups -OCH3 is 1. The van der Waals surface area contributed by atoms with E-state index in [-0.39, 0.29) is 0 Å². The van der Waals surface area contributed by atoms with Crippen LogP contribution in [0.1, 0.15) is 17.9 Å². The highest BCUT2D eigenvalue weighted by atomic mass is 16.7. The molecule has 2 unspecified atom stereocenters. The Morgan fingerprint density at radius 3 is 2.70 bits per heavy atom. The lowest BCUT2D eigenvalue weighted by atomic mass is 9.86. The quantitative estimate of drug-likeness (QED) is 0.539. The predicted octanol–water partition coefficient (Wildman–Crippen LogP) is 3.85. The second kappa shape index (κ2) is 8.25. The van der Waals surface area contributed by atoms with Crippen LogP contribution in [0.3, 0.4) is 0 Å². The predicted molar refractivity (Wildman–Crippen MR) is 91.2 cm³/mol. The summed E-state index contributed by atoms with van der Waals surface area (Å²) in [7, 11) is 1.67. The molecular weight excluding hydrogens is 288 g/mol. The zero-order chi connectivity index (χ0) is 15.9. The smallest absolute Gasteiger partial charge is 0.146 e. The zero-order valence-electron chi connectivity index (χ0n) is 13.6. The van der Waals surface area contributed by atoms with Crippen LogP contribution in [0.25, 0.3) is 0 Å². The summed E-state index contributed by atoms with van der Waals surface area (Å²) in [5.74, 6) is 0.834. The molecule has 3 heteroatoms. The number of ether oxygens (including phenoxy) is 3. The van der Waals surface area contributed by atoms with Crippen LogP contribution in [0.5, 0.6) is 0 Å². The summed E-state index contributed by atoms with van der Waals surface area (Å²) in [6.45, 7) is 2.22. The normalized spacial score (nSPS) is 22.7. The molecule has 0 fully saturated rings. The lowest BCUT2D eigenvalue weighted by Crippen LogP contribution is -2.14. The van der Waals surface area contributed by atoms with Crippen LogP contribution in [-0.4, -0.2) is 33.7 Å². The van der Waals surface area contributed by atoms with Crippen LogP contribution in [0.15, 0.2) is 65.8 Å². The van der Waals surface area contributed by atoms with Crippen molar-refractivity contribution in [1.82, 2.24) is 0 Å². The van der Waals surface area contributed by atoms with Crippen LogP contribution in [0.2, 0.25) is 0 Å². The zero-order valence-corrected chi connectivity index (χ0v) is 13.6. The standard InChI is InChI=1S/C20H24O3/c1-21-11-12-22-15-23-14-16-7-9-20-18(13-16)8-10-19(20)17-5-3-2-4-6-17/h2-10,16,19H,11-15H2,1H3. The molecule has 23 heavy (non-hydrogen) atoms. The van der Waals surface area contributed by atoms with Crippen LogP contribution in [-0.2, 0) is 14.2 Å². The van der Waals surface area contributed by atoms with Crippen molar-refractivity contribution in [1.29, 1.82) is 0 Å². The summed E-state index contributed by atoms with van der Waals surface area (Å²) in [6, 6.07) is 10.7. The highest BCUT2D eigenvalue weighted by Gasteiger charge is 2.24. The molecule has 0 spiro atoms. The number of rotatable bonds is 8. The molecule has 3 nitrogen and oxygen atoms in total. The molecule has 2 aliphatic carbocycles. The first-order valence-corrected chi connectivity index (χ1v) is 8.17. The fourth-order valence-electron chi connectivity index (χ4n) is 3.12. The van der Waals surface area contributed by atoms with E-state index >= 15 is 0 Å². The Kier molecular flexibility index (Phi) is 5.81. The highest BCUT2D eigenvalue weighted by Crippen LogP contribution is 2.40. The van der Waals surface area contributed by atoms with Gasteiger partial charge in [-0.05, 0) is 23.1 Å². The Hall–Kier alpha value is -1.68. The van der Waals surface area contributed by atoms with Crippen molar-refractivity contribution in [3.8, 4) is 0 Å². The van der Waals surface area contributed by atoms with E-state index in [1.807, 2.05) is 0 Å². The van der Waals surface area contributed by atoms with Gasteiger partial charge in [0.15, 0.2) is 0 Å². The second-order valence-electron chi connectivity index (χ2n) is 5.94. The van der Waals surface area contributed by atoms with Gasteiger partial charge in [0.2, 0.25) is 0 Å². The van der Waals surface area contributed by atoms with Crippen molar-refractivity contribution in [2.45, 2.75) is 12.3 Å². The molecule has 0 aliphatic heterocycles. The average molecular weight is 312 g/mol. The first kappa shape index (κ1) is 16.2. The highest BCUT2D eigenvalue weighted by molar-refractivity contribution is 5.52. The number of hydrogen-bond acceptors (Lipinski definition) is 3. The molecule has 0 saturated carbocycles. The van der Waals surface area contributed by atoms with Gasteiger partial charge < -0.3 is 14.2 Å². The molecule has 0 aromatic heterocycles. The number of hydrogen-bond donors (Lipinski definition) is 0. The van der Waals surface area contributed by atoms with E-state index < -0.39 is 0 Å². The Morgan fingerprint density at radius 1 is 1.00 bits per heavy atom. The summed E-state index contributed by atoms with van der Waals surface area (Å²) in [5, 5.41) is 0. The molecule has 1 aromatic carbocycles. The van der Waals surface area contributed by atoms with Crippen LogP contribution >= 0.6 is 0 Å². The van der Waals surface area contributed by atoms with E-state index in [0.717, 1.165) is 6.42 Å². The third kappa shape index (κ3) is 4.20. The Labute approximate surface area is 138 Å². The Balaban J connectivity index is 1.49. The second-order valence-corrected chi connectivity index (χ2v) is 5.94. The molecule has 2 atom stereocenters. The van der Waals surface area contributed by atoms with E-state index in [9.17, 15) is 0 Å². The fraction of sp³-hybridized carbons (Fsp3) is 0.400. The van der Waals surface area contributed by atoms with Crippen molar-refractivity contribution >= 4 is 0 Å². The van der Waals surface area contributed by atoms with Gasteiger partial charge in [-0.25, -0.2) is 0 Å². The minimum Gasteiger partial charge on any atom is -0.382 e. The lowest BCUT2D eigenvalue weighted by molar-refractivity contribution is -0.0715. The summed E-state index contributed by atoms with van der Waals surface area (Å²) >= 11 is 0. The minimum atomic E-state index is 0.335. The summed E-state index contributed by atoms with van der Waals surface area (Å²) in [6.07, 6.45) is 10.2. The maximum Gasteiger partial charge on any atom is 0.146 e. The van der Waals surface area contributed by atoms with Gasteiger partial charge in [-0.2, -0.15) is 0 Å². The van der Waals surface area contributed by atoms with E-state index in [4.69, 9.17) is 14.2 Å². The fourth-order valence-corrected chi connectivity index (χ4v) is 3.12.